The van der Waals surface area contributed by atoms with Gasteiger partial charge in [0, 0.05) is 24.0 Å². The van der Waals surface area contributed by atoms with E-state index < -0.39 is 12.1 Å². The van der Waals surface area contributed by atoms with E-state index in [1.54, 1.807) is 24.4 Å². The predicted octanol–water partition coefficient (Wildman–Crippen LogP) is 0.678. The van der Waals surface area contributed by atoms with E-state index in [2.05, 4.69) is 10.3 Å². The van der Waals surface area contributed by atoms with E-state index in [0.717, 1.165) is 0 Å². The minimum absolute atomic E-state index is 0.159. The zero-order chi connectivity index (χ0) is 11.5. The molecule has 1 aliphatic rings. The highest BCUT2D eigenvalue weighted by molar-refractivity contribution is 5.77. The largest absolute Gasteiger partial charge is 0.341 e. The molecular formula is C10H11N3O3. The second kappa shape index (κ2) is 4.26. The number of nitro groups is 1. The molecular weight excluding hydrogens is 210 g/mol. The van der Waals surface area contributed by atoms with Crippen LogP contribution in [-0.4, -0.2) is 21.9 Å². The van der Waals surface area contributed by atoms with Crippen molar-refractivity contribution in [2.45, 2.75) is 24.9 Å². The van der Waals surface area contributed by atoms with Gasteiger partial charge in [0.15, 0.2) is 0 Å². The fraction of sp³-hybridized carbons (Fsp3) is 0.400. The molecule has 2 unspecified atom stereocenters. The molecule has 2 atom stereocenters. The molecule has 1 fully saturated rings. The second-order valence-electron chi connectivity index (χ2n) is 3.69. The van der Waals surface area contributed by atoms with Gasteiger partial charge in [0.25, 0.3) is 0 Å². The summed E-state index contributed by atoms with van der Waals surface area (Å²) in [7, 11) is 0. The Balaban J connectivity index is 2.27. The lowest BCUT2D eigenvalue weighted by atomic mass is 9.95. The third-order valence-electron chi connectivity index (χ3n) is 2.65. The normalized spacial score (nSPS) is 24.9. The maximum Gasteiger partial charge on any atom is 0.239 e. The molecule has 16 heavy (non-hydrogen) atoms. The lowest BCUT2D eigenvalue weighted by Crippen LogP contribution is -2.45. The Hall–Kier alpha value is -1.98. The molecule has 1 aromatic rings. The molecule has 0 aliphatic carbocycles. The standard InChI is InChI=1S/C10H11N3O3/c14-9-5-4-8(13(15)16)10(12-9)7-3-1-2-6-11-7/h1-3,6,8,10H,4-5H2,(H,12,14). The Morgan fingerprint density at radius 2 is 2.31 bits per heavy atom. The minimum atomic E-state index is -0.785. The number of piperidine rings is 1. The molecule has 6 heteroatoms. The van der Waals surface area contributed by atoms with E-state index >= 15 is 0 Å². The van der Waals surface area contributed by atoms with Crippen LogP contribution >= 0.6 is 0 Å². The summed E-state index contributed by atoms with van der Waals surface area (Å²) in [5.41, 5.74) is 0.539. The molecule has 84 valence electrons. The molecule has 1 N–H and O–H groups in total. The van der Waals surface area contributed by atoms with Gasteiger partial charge in [-0.15, -0.1) is 0 Å². The van der Waals surface area contributed by atoms with Gasteiger partial charge in [0.2, 0.25) is 11.9 Å². The molecule has 1 aromatic heterocycles. The van der Waals surface area contributed by atoms with Crippen molar-refractivity contribution in [3.63, 3.8) is 0 Å². The molecule has 6 nitrogen and oxygen atoms in total. The number of carbonyl (C=O) groups is 1. The van der Waals surface area contributed by atoms with Crippen LogP contribution in [-0.2, 0) is 4.79 Å². The summed E-state index contributed by atoms with van der Waals surface area (Å²) in [4.78, 5) is 25.8. The monoisotopic (exact) mass is 221 g/mol. The van der Waals surface area contributed by atoms with Crippen molar-refractivity contribution in [1.82, 2.24) is 10.3 Å². The van der Waals surface area contributed by atoms with E-state index in [1.807, 2.05) is 0 Å². The van der Waals surface area contributed by atoms with Crippen molar-refractivity contribution >= 4 is 5.91 Å². The second-order valence-corrected chi connectivity index (χ2v) is 3.69. The van der Waals surface area contributed by atoms with Crippen LogP contribution < -0.4 is 5.32 Å². The SMILES string of the molecule is O=C1CCC([N+](=O)[O-])C(c2ccccn2)N1. The van der Waals surface area contributed by atoms with E-state index in [4.69, 9.17) is 0 Å². The summed E-state index contributed by atoms with van der Waals surface area (Å²) < 4.78 is 0. The number of hydrogen-bond acceptors (Lipinski definition) is 4. The van der Waals surface area contributed by atoms with E-state index in [9.17, 15) is 14.9 Å². The Kier molecular flexibility index (Phi) is 2.80. The number of nitrogens with zero attached hydrogens (tertiary/aromatic N) is 2. The van der Waals surface area contributed by atoms with Gasteiger partial charge in [-0.05, 0) is 12.1 Å². The molecule has 1 aliphatic heterocycles. The first-order valence-corrected chi connectivity index (χ1v) is 5.02. The smallest absolute Gasteiger partial charge is 0.239 e. The summed E-state index contributed by atoms with van der Waals surface area (Å²) in [5, 5.41) is 13.5. The van der Waals surface area contributed by atoms with Crippen molar-refractivity contribution < 1.29 is 9.72 Å². The fourth-order valence-corrected chi connectivity index (χ4v) is 1.85. The molecule has 0 radical (unpaired) electrons. The first kappa shape index (κ1) is 10.5. The predicted molar refractivity (Wildman–Crippen MR) is 55.1 cm³/mol. The van der Waals surface area contributed by atoms with E-state index in [0.29, 0.717) is 5.69 Å². The van der Waals surface area contributed by atoms with Crippen LogP contribution in [0.1, 0.15) is 24.6 Å². The van der Waals surface area contributed by atoms with Gasteiger partial charge in [-0.1, -0.05) is 6.07 Å². The van der Waals surface area contributed by atoms with Crippen LogP contribution in [0.25, 0.3) is 0 Å². The van der Waals surface area contributed by atoms with Gasteiger partial charge >= 0.3 is 0 Å². The Morgan fingerprint density at radius 3 is 2.94 bits per heavy atom. The number of nitrogens with one attached hydrogen (secondary N) is 1. The topological polar surface area (TPSA) is 85.1 Å². The van der Waals surface area contributed by atoms with E-state index in [1.165, 1.54) is 0 Å². The molecule has 1 amide bonds. The average Bonchev–Trinajstić information content (AvgIpc) is 2.29. The maximum atomic E-state index is 11.3. The van der Waals surface area contributed by atoms with Crippen molar-refractivity contribution in [1.29, 1.82) is 0 Å². The summed E-state index contributed by atoms with van der Waals surface area (Å²) in [5.74, 6) is -0.159. The van der Waals surface area contributed by atoms with Gasteiger partial charge in [0.1, 0.15) is 6.04 Å². The number of carbonyl (C=O) groups excluding carboxylic acids is 1. The van der Waals surface area contributed by atoms with Crippen molar-refractivity contribution in [2.75, 3.05) is 0 Å². The van der Waals surface area contributed by atoms with Crippen molar-refractivity contribution in [2.24, 2.45) is 0 Å². The Labute approximate surface area is 91.8 Å². The fourth-order valence-electron chi connectivity index (χ4n) is 1.85. The number of hydrogen-bond donors (Lipinski definition) is 1. The lowest BCUT2D eigenvalue weighted by molar-refractivity contribution is -0.529. The van der Waals surface area contributed by atoms with Gasteiger partial charge in [-0.25, -0.2) is 0 Å². The molecule has 0 saturated carbocycles. The average molecular weight is 221 g/mol. The molecule has 1 saturated heterocycles. The zero-order valence-electron chi connectivity index (χ0n) is 8.50. The number of amides is 1. The maximum absolute atomic E-state index is 11.3. The first-order chi connectivity index (χ1) is 7.68. The molecule has 0 aromatic carbocycles. The Morgan fingerprint density at radius 1 is 1.50 bits per heavy atom. The van der Waals surface area contributed by atoms with E-state index in [-0.39, 0.29) is 23.7 Å². The summed E-state index contributed by atoms with van der Waals surface area (Å²) in [6.45, 7) is 0. The molecule has 0 bridgehead atoms. The number of pyridine rings is 1. The van der Waals surface area contributed by atoms with Crippen molar-refractivity contribution in [3.8, 4) is 0 Å². The third-order valence-corrected chi connectivity index (χ3v) is 2.65. The minimum Gasteiger partial charge on any atom is -0.341 e. The van der Waals surface area contributed by atoms with Gasteiger partial charge in [0.05, 0.1) is 5.69 Å². The highest BCUT2D eigenvalue weighted by Crippen LogP contribution is 2.24. The summed E-state index contributed by atoms with van der Waals surface area (Å²) >= 11 is 0. The van der Waals surface area contributed by atoms with Crippen LogP contribution in [0.15, 0.2) is 24.4 Å². The summed E-state index contributed by atoms with van der Waals surface area (Å²) in [6.07, 6.45) is 2.03. The summed E-state index contributed by atoms with van der Waals surface area (Å²) in [6, 6.07) is 3.77. The van der Waals surface area contributed by atoms with Gasteiger partial charge < -0.3 is 5.32 Å². The molecule has 2 rings (SSSR count). The Bertz CT molecular complexity index is 407. The van der Waals surface area contributed by atoms with Gasteiger partial charge in [-0.2, -0.15) is 0 Å². The number of rotatable bonds is 2. The van der Waals surface area contributed by atoms with Gasteiger partial charge in [-0.3, -0.25) is 19.9 Å². The van der Waals surface area contributed by atoms with Crippen LogP contribution in [0.2, 0.25) is 0 Å². The van der Waals surface area contributed by atoms with Crippen LogP contribution in [0, 0.1) is 10.1 Å². The highest BCUT2D eigenvalue weighted by Gasteiger charge is 2.38. The molecule has 0 spiro atoms. The quantitative estimate of drug-likeness (QED) is 0.587. The zero-order valence-corrected chi connectivity index (χ0v) is 8.50. The number of aromatic nitrogens is 1. The van der Waals surface area contributed by atoms with Crippen LogP contribution in [0.5, 0.6) is 0 Å². The van der Waals surface area contributed by atoms with Crippen LogP contribution in [0.3, 0.4) is 0 Å². The van der Waals surface area contributed by atoms with Crippen LogP contribution in [0.4, 0.5) is 0 Å². The van der Waals surface area contributed by atoms with Crippen molar-refractivity contribution in [3.05, 3.63) is 40.2 Å². The first-order valence-electron chi connectivity index (χ1n) is 5.02. The lowest BCUT2D eigenvalue weighted by Gasteiger charge is -2.25. The third kappa shape index (κ3) is 2.00. The highest BCUT2D eigenvalue weighted by atomic mass is 16.6. The molecule has 2 heterocycles.